The molecule has 1 atom stereocenters. The van der Waals surface area contributed by atoms with Crippen LogP contribution in [0.2, 0.25) is 0 Å². The molecule has 0 saturated heterocycles. The highest BCUT2D eigenvalue weighted by atomic mass is 16.6. The normalized spacial score (nSPS) is 17.4. The van der Waals surface area contributed by atoms with Crippen LogP contribution in [0.1, 0.15) is 47.3 Å². The van der Waals surface area contributed by atoms with Crippen LogP contribution >= 0.6 is 0 Å². The third-order valence-electron chi connectivity index (χ3n) is 7.25. The van der Waals surface area contributed by atoms with E-state index in [0.29, 0.717) is 29.1 Å². The lowest BCUT2D eigenvalue weighted by molar-refractivity contribution is -0.686. The molecule has 0 aliphatic carbocycles. The van der Waals surface area contributed by atoms with Gasteiger partial charge < -0.3 is 14.0 Å². The maximum Gasteiger partial charge on any atom is 0.374 e. The van der Waals surface area contributed by atoms with Crippen LogP contribution in [0.15, 0.2) is 65.7 Å². The zero-order chi connectivity index (χ0) is 26.6. The van der Waals surface area contributed by atoms with Crippen LogP contribution in [0.4, 0.5) is 0 Å². The Balaban J connectivity index is 1.43. The molecule has 0 saturated carbocycles. The number of para-hydroxylation sites is 1. The van der Waals surface area contributed by atoms with Gasteiger partial charge in [-0.15, -0.1) is 0 Å². The lowest BCUT2D eigenvalue weighted by Crippen LogP contribution is -2.49. The molecular weight excluding hydrogens is 486 g/mol. The number of ketones is 1. The molecule has 38 heavy (non-hydrogen) atoms. The van der Waals surface area contributed by atoms with E-state index in [0.717, 1.165) is 16.5 Å². The third kappa shape index (κ3) is 3.61. The van der Waals surface area contributed by atoms with Crippen LogP contribution in [0, 0.1) is 0 Å². The molecule has 0 spiro atoms. The molecule has 1 aromatic carbocycles. The quantitative estimate of drug-likeness (QED) is 0.203. The summed E-state index contributed by atoms with van der Waals surface area (Å²) in [6.07, 6.45) is 3.25. The van der Waals surface area contributed by atoms with Crippen molar-refractivity contribution in [1.29, 1.82) is 0 Å². The lowest BCUT2D eigenvalue weighted by Gasteiger charge is -2.35. The number of hydrogen-bond donors (Lipinski definition) is 0. The van der Waals surface area contributed by atoms with Crippen LogP contribution in [0.5, 0.6) is 0 Å². The molecule has 5 heterocycles. The van der Waals surface area contributed by atoms with Gasteiger partial charge in [0.1, 0.15) is 6.61 Å². The van der Waals surface area contributed by atoms with Gasteiger partial charge in [-0.05, 0) is 37.6 Å². The highest BCUT2D eigenvalue weighted by Gasteiger charge is 2.50. The highest BCUT2D eigenvalue weighted by molar-refractivity contribution is 5.93. The molecule has 0 unspecified atom stereocenters. The standard InChI is InChI=1S/C29H24N3O6/c1-3-29(38-25(34)15-31-10-6-8-19(13-31)17(2)33)22-12-24-26-20(11-18-7-4-5-9-23(18)30-26)14-32(24)27(35)21(22)16-37-28(29)36/h4-13H,3,14-16H2,1-2H3/q+1/t29-/m0/s1. The minimum absolute atomic E-state index is 0.0730. The summed E-state index contributed by atoms with van der Waals surface area (Å²) in [5.74, 6) is -1.57. The van der Waals surface area contributed by atoms with Crippen LogP contribution in [0.25, 0.3) is 22.3 Å². The Bertz CT molecular complexity index is 1740. The summed E-state index contributed by atoms with van der Waals surface area (Å²) < 4.78 is 14.4. The van der Waals surface area contributed by atoms with E-state index >= 15 is 0 Å². The Kier molecular flexibility index (Phi) is 5.45. The van der Waals surface area contributed by atoms with Crippen molar-refractivity contribution in [2.75, 3.05) is 0 Å². The second kappa shape index (κ2) is 8.72. The van der Waals surface area contributed by atoms with Crippen molar-refractivity contribution >= 4 is 28.6 Å². The molecule has 6 rings (SSSR count). The van der Waals surface area contributed by atoms with Crippen LogP contribution < -0.4 is 10.1 Å². The van der Waals surface area contributed by atoms with E-state index in [2.05, 4.69) is 0 Å². The molecule has 0 radical (unpaired) electrons. The van der Waals surface area contributed by atoms with Gasteiger partial charge in [0.2, 0.25) is 12.1 Å². The van der Waals surface area contributed by atoms with E-state index in [4.69, 9.17) is 14.5 Å². The minimum Gasteiger partial charge on any atom is -0.457 e. The van der Waals surface area contributed by atoms with E-state index in [1.807, 2.05) is 30.3 Å². The predicted octanol–water partition coefficient (Wildman–Crippen LogP) is 2.82. The number of hydrogen-bond acceptors (Lipinski definition) is 7. The summed E-state index contributed by atoms with van der Waals surface area (Å²) in [6, 6.07) is 14.8. The SMILES string of the molecule is CC[C@@]1(OC(=O)C[n+]2cccc(C(C)=O)c2)C(=O)OCc2c1cc1n(c2=O)Cc2cc3ccccc3nc2-1. The first-order valence-electron chi connectivity index (χ1n) is 12.4. The van der Waals surface area contributed by atoms with Crippen molar-refractivity contribution in [3.8, 4) is 11.4 Å². The number of benzene rings is 1. The Hall–Kier alpha value is -4.66. The van der Waals surface area contributed by atoms with Gasteiger partial charge in [0.25, 0.3) is 5.56 Å². The fourth-order valence-electron chi connectivity index (χ4n) is 5.29. The second-order valence-electron chi connectivity index (χ2n) is 9.55. The molecular formula is C29H24N3O6+. The fourth-order valence-corrected chi connectivity index (χ4v) is 5.29. The number of carbonyl (C=O) groups excluding carboxylic acids is 3. The summed E-state index contributed by atoms with van der Waals surface area (Å²) >= 11 is 0. The molecule has 0 N–H and O–H groups in total. The van der Waals surface area contributed by atoms with E-state index in [1.54, 1.807) is 42.1 Å². The molecule has 0 amide bonds. The van der Waals surface area contributed by atoms with Gasteiger partial charge in [-0.2, -0.15) is 4.57 Å². The topological polar surface area (TPSA) is 108 Å². The number of nitrogens with zero attached hydrogens (tertiary/aromatic N) is 3. The highest BCUT2D eigenvalue weighted by Crippen LogP contribution is 2.40. The average molecular weight is 511 g/mol. The molecule has 3 aromatic heterocycles. The lowest BCUT2D eigenvalue weighted by atomic mass is 9.85. The van der Waals surface area contributed by atoms with Crippen molar-refractivity contribution < 1.29 is 28.4 Å². The first-order valence-corrected chi connectivity index (χ1v) is 12.4. The van der Waals surface area contributed by atoms with Crippen molar-refractivity contribution in [2.24, 2.45) is 0 Å². The van der Waals surface area contributed by atoms with Crippen molar-refractivity contribution in [3.63, 3.8) is 0 Å². The molecule has 0 fully saturated rings. The number of carbonyl (C=O) groups is 3. The summed E-state index contributed by atoms with van der Waals surface area (Å²) in [7, 11) is 0. The van der Waals surface area contributed by atoms with E-state index in [-0.39, 0.29) is 36.5 Å². The number of ether oxygens (including phenoxy) is 2. The third-order valence-corrected chi connectivity index (χ3v) is 7.25. The molecule has 4 aromatic rings. The maximum absolute atomic E-state index is 13.6. The average Bonchev–Trinajstić information content (AvgIpc) is 3.27. The van der Waals surface area contributed by atoms with E-state index in [9.17, 15) is 19.2 Å². The van der Waals surface area contributed by atoms with Gasteiger partial charge in [0.05, 0.1) is 34.6 Å². The zero-order valence-corrected chi connectivity index (χ0v) is 20.9. The Morgan fingerprint density at radius 3 is 2.76 bits per heavy atom. The number of fused-ring (bicyclic) bond motifs is 5. The van der Waals surface area contributed by atoms with Gasteiger partial charge in [0.15, 0.2) is 18.2 Å². The van der Waals surface area contributed by atoms with Crippen LogP contribution in [-0.2, 0) is 44.4 Å². The van der Waals surface area contributed by atoms with Gasteiger partial charge >= 0.3 is 11.9 Å². The van der Waals surface area contributed by atoms with E-state index < -0.39 is 17.5 Å². The Morgan fingerprint density at radius 1 is 1.16 bits per heavy atom. The number of esters is 2. The minimum atomic E-state index is -1.78. The first kappa shape index (κ1) is 23.7. The number of rotatable bonds is 5. The monoisotopic (exact) mass is 510 g/mol. The largest absolute Gasteiger partial charge is 0.457 e. The molecule has 0 bridgehead atoms. The summed E-state index contributed by atoms with van der Waals surface area (Å²) in [6.45, 7) is 3.06. The Morgan fingerprint density at radius 2 is 1.97 bits per heavy atom. The molecule has 2 aliphatic rings. The van der Waals surface area contributed by atoms with Crippen LogP contribution in [-0.4, -0.2) is 27.3 Å². The fraction of sp³-hybridized carbons (Fsp3) is 0.241. The molecule has 2 aliphatic heterocycles. The zero-order valence-electron chi connectivity index (χ0n) is 20.9. The second-order valence-corrected chi connectivity index (χ2v) is 9.55. The van der Waals surface area contributed by atoms with Gasteiger partial charge in [0, 0.05) is 22.6 Å². The summed E-state index contributed by atoms with van der Waals surface area (Å²) in [5.41, 5.74) is 1.89. The summed E-state index contributed by atoms with van der Waals surface area (Å²) in [4.78, 5) is 56.5. The Labute approximate surface area is 217 Å². The van der Waals surface area contributed by atoms with Crippen molar-refractivity contribution in [1.82, 2.24) is 9.55 Å². The maximum atomic E-state index is 13.6. The van der Waals surface area contributed by atoms with Gasteiger partial charge in [-0.3, -0.25) is 9.59 Å². The first-order chi connectivity index (χ1) is 18.3. The number of cyclic esters (lactones) is 1. The van der Waals surface area contributed by atoms with Gasteiger partial charge in [-0.25, -0.2) is 14.6 Å². The predicted molar refractivity (Wildman–Crippen MR) is 135 cm³/mol. The number of pyridine rings is 3. The molecule has 9 nitrogen and oxygen atoms in total. The van der Waals surface area contributed by atoms with Crippen LogP contribution in [0.3, 0.4) is 0 Å². The van der Waals surface area contributed by atoms with Crippen molar-refractivity contribution in [3.05, 3.63) is 93.5 Å². The smallest absolute Gasteiger partial charge is 0.374 e. The molecule has 9 heteroatoms. The van der Waals surface area contributed by atoms with E-state index in [1.165, 1.54) is 11.5 Å². The molecule has 190 valence electrons. The van der Waals surface area contributed by atoms with Crippen molar-refractivity contribution in [2.45, 2.75) is 45.6 Å². The summed E-state index contributed by atoms with van der Waals surface area (Å²) in [5, 5.41) is 0.971. The number of aromatic nitrogens is 3. The van der Waals surface area contributed by atoms with Gasteiger partial charge in [-0.1, -0.05) is 25.1 Å². The number of Topliss-reactive ketones (excluding diaryl/α,β-unsaturated/α-hetero) is 1.